The van der Waals surface area contributed by atoms with Gasteiger partial charge in [0.25, 0.3) is 0 Å². The van der Waals surface area contributed by atoms with Crippen molar-refractivity contribution < 1.29 is 0 Å². The SMILES string of the molecule is Cc1ccc(CC(Cl)CC23CC4CC(CC(C4)C2)C3)cc1. The van der Waals surface area contributed by atoms with Gasteiger partial charge in [0.2, 0.25) is 0 Å². The van der Waals surface area contributed by atoms with Crippen molar-refractivity contribution in [1.82, 2.24) is 0 Å². The lowest BCUT2D eigenvalue weighted by Gasteiger charge is -2.57. The van der Waals surface area contributed by atoms with Gasteiger partial charge < -0.3 is 0 Å². The van der Waals surface area contributed by atoms with Crippen LogP contribution in [0.5, 0.6) is 0 Å². The molecule has 4 saturated carbocycles. The van der Waals surface area contributed by atoms with Gasteiger partial charge in [-0.2, -0.15) is 0 Å². The highest BCUT2D eigenvalue weighted by molar-refractivity contribution is 6.20. The lowest BCUT2D eigenvalue weighted by Crippen LogP contribution is -2.47. The summed E-state index contributed by atoms with van der Waals surface area (Å²) in [6.45, 7) is 2.15. The zero-order valence-electron chi connectivity index (χ0n) is 13.2. The third-order valence-electron chi connectivity index (χ3n) is 6.40. The molecule has 0 radical (unpaired) electrons. The van der Waals surface area contributed by atoms with Gasteiger partial charge in [-0.1, -0.05) is 29.8 Å². The maximum atomic E-state index is 6.79. The molecule has 4 fully saturated rings. The van der Waals surface area contributed by atoms with E-state index in [9.17, 15) is 0 Å². The van der Waals surface area contributed by atoms with E-state index in [1.54, 1.807) is 0 Å². The first-order chi connectivity index (χ1) is 10.1. The molecule has 4 bridgehead atoms. The summed E-state index contributed by atoms with van der Waals surface area (Å²) >= 11 is 6.79. The minimum absolute atomic E-state index is 0.323. The Balaban J connectivity index is 1.42. The number of hydrogen-bond acceptors (Lipinski definition) is 0. The smallest absolute Gasteiger partial charge is 0.0381 e. The van der Waals surface area contributed by atoms with Crippen molar-refractivity contribution in [2.45, 2.75) is 63.7 Å². The molecule has 21 heavy (non-hydrogen) atoms. The van der Waals surface area contributed by atoms with E-state index in [2.05, 4.69) is 31.2 Å². The maximum Gasteiger partial charge on any atom is 0.0381 e. The lowest BCUT2D eigenvalue weighted by molar-refractivity contribution is -0.0574. The molecule has 1 aromatic rings. The molecule has 0 saturated heterocycles. The fourth-order valence-electron chi connectivity index (χ4n) is 6.06. The van der Waals surface area contributed by atoms with Crippen LogP contribution in [0.2, 0.25) is 0 Å². The van der Waals surface area contributed by atoms with Gasteiger partial charge in [0.05, 0.1) is 0 Å². The number of alkyl halides is 1. The van der Waals surface area contributed by atoms with Crippen LogP contribution in [0.4, 0.5) is 0 Å². The molecule has 0 amide bonds. The van der Waals surface area contributed by atoms with E-state index in [1.807, 2.05) is 0 Å². The molecule has 0 nitrogen and oxygen atoms in total. The minimum atomic E-state index is 0.323. The molecule has 0 N–H and O–H groups in total. The first-order valence-corrected chi connectivity index (χ1v) is 9.23. The molecular formula is C20H27Cl. The van der Waals surface area contributed by atoms with E-state index in [-0.39, 0.29) is 0 Å². The highest BCUT2D eigenvalue weighted by Crippen LogP contribution is 2.61. The Kier molecular flexibility index (Phi) is 3.57. The summed E-state index contributed by atoms with van der Waals surface area (Å²) in [6, 6.07) is 8.93. The van der Waals surface area contributed by atoms with Crippen molar-refractivity contribution in [3.05, 3.63) is 35.4 Å². The van der Waals surface area contributed by atoms with E-state index in [0.717, 1.165) is 24.2 Å². The Bertz CT molecular complexity index is 466. The van der Waals surface area contributed by atoms with Crippen LogP contribution in [0.3, 0.4) is 0 Å². The molecule has 0 heterocycles. The fourth-order valence-corrected chi connectivity index (χ4v) is 6.57. The van der Waals surface area contributed by atoms with Gasteiger partial charge in [0.1, 0.15) is 0 Å². The summed E-state index contributed by atoms with van der Waals surface area (Å²) in [5, 5.41) is 0.323. The van der Waals surface area contributed by atoms with Crippen LogP contribution in [0, 0.1) is 30.1 Å². The molecule has 0 spiro atoms. The Morgan fingerprint density at radius 3 is 2.05 bits per heavy atom. The normalized spacial score (nSPS) is 38.7. The number of aryl methyl sites for hydroxylation is 1. The molecule has 1 atom stereocenters. The molecule has 0 aliphatic heterocycles. The third-order valence-corrected chi connectivity index (χ3v) is 6.71. The summed E-state index contributed by atoms with van der Waals surface area (Å²) in [4.78, 5) is 0. The average molecular weight is 303 g/mol. The predicted octanol–water partition coefficient (Wildman–Crippen LogP) is 5.75. The number of rotatable bonds is 4. The first kappa shape index (κ1) is 14.1. The first-order valence-electron chi connectivity index (χ1n) is 8.80. The largest absolute Gasteiger partial charge is 0.123 e. The van der Waals surface area contributed by atoms with Crippen molar-refractivity contribution >= 4 is 11.6 Å². The Morgan fingerprint density at radius 2 is 1.52 bits per heavy atom. The Hall–Kier alpha value is -0.490. The maximum absolute atomic E-state index is 6.79. The summed E-state index contributed by atoms with van der Waals surface area (Å²) < 4.78 is 0. The summed E-state index contributed by atoms with van der Waals surface area (Å²) in [5.41, 5.74) is 3.36. The highest BCUT2D eigenvalue weighted by Gasteiger charge is 2.51. The molecule has 1 unspecified atom stereocenters. The number of halogens is 1. The van der Waals surface area contributed by atoms with Crippen molar-refractivity contribution in [3.8, 4) is 0 Å². The minimum Gasteiger partial charge on any atom is -0.123 e. The lowest BCUT2D eigenvalue weighted by atomic mass is 9.48. The quantitative estimate of drug-likeness (QED) is 0.621. The molecule has 4 aliphatic carbocycles. The number of hydrogen-bond donors (Lipinski definition) is 0. The van der Waals surface area contributed by atoms with Crippen LogP contribution in [-0.2, 0) is 6.42 Å². The Morgan fingerprint density at radius 1 is 1.00 bits per heavy atom. The molecule has 1 aromatic carbocycles. The Labute approximate surface area is 134 Å². The van der Waals surface area contributed by atoms with Gasteiger partial charge in [0.15, 0.2) is 0 Å². The second-order valence-electron chi connectivity index (χ2n) is 8.41. The molecule has 1 heteroatoms. The van der Waals surface area contributed by atoms with Crippen LogP contribution in [0.25, 0.3) is 0 Å². The van der Waals surface area contributed by atoms with Gasteiger partial charge in [-0.05, 0) is 87.0 Å². The standard InChI is InChI=1S/C20H27Cl/c1-14-2-4-15(5-3-14)9-19(21)13-20-10-16-6-17(11-20)8-18(7-16)12-20/h2-5,16-19H,6-13H2,1H3. The summed E-state index contributed by atoms with van der Waals surface area (Å²) in [7, 11) is 0. The van der Waals surface area contributed by atoms with Gasteiger partial charge in [0, 0.05) is 5.38 Å². The van der Waals surface area contributed by atoms with Crippen molar-refractivity contribution in [2.24, 2.45) is 23.2 Å². The summed E-state index contributed by atoms with van der Waals surface area (Å²) in [6.07, 6.45) is 11.3. The van der Waals surface area contributed by atoms with Crippen LogP contribution in [0.1, 0.15) is 56.1 Å². The van der Waals surface area contributed by atoms with Crippen LogP contribution >= 0.6 is 11.6 Å². The van der Waals surface area contributed by atoms with Gasteiger partial charge in [-0.3, -0.25) is 0 Å². The zero-order valence-corrected chi connectivity index (χ0v) is 13.9. The van der Waals surface area contributed by atoms with Crippen LogP contribution < -0.4 is 0 Å². The summed E-state index contributed by atoms with van der Waals surface area (Å²) in [5.74, 6) is 3.12. The predicted molar refractivity (Wildman–Crippen MR) is 89.7 cm³/mol. The van der Waals surface area contributed by atoms with Crippen molar-refractivity contribution in [2.75, 3.05) is 0 Å². The van der Waals surface area contributed by atoms with Crippen molar-refractivity contribution in [3.63, 3.8) is 0 Å². The van der Waals surface area contributed by atoms with E-state index >= 15 is 0 Å². The van der Waals surface area contributed by atoms with Crippen molar-refractivity contribution in [1.29, 1.82) is 0 Å². The van der Waals surface area contributed by atoms with Gasteiger partial charge >= 0.3 is 0 Å². The van der Waals surface area contributed by atoms with Gasteiger partial charge in [-0.25, -0.2) is 0 Å². The van der Waals surface area contributed by atoms with Crippen LogP contribution in [0.15, 0.2) is 24.3 Å². The topological polar surface area (TPSA) is 0 Å². The monoisotopic (exact) mass is 302 g/mol. The number of benzene rings is 1. The second-order valence-corrected chi connectivity index (χ2v) is 9.03. The van der Waals surface area contributed by atoms with E-state index in [4.69, 9.17) is 11.6 Å². The van der Waals surface area contributed by atoms with E-state index in [0.29, 0.717) is 10.8 Å². The van der Waals surface area contributed by atoms with E-state index < -0.39 is 0 Å². The van der Waals surface area contributed by atoms with Crippen LogP contribution in [-0.4, -0.2) is 5.38 Å². The fraction of sp³-hybridized carbons (Fsp3) is 0.700. The van der Waals surface area contributed by atoms with Gasteiger partial charge in [-0.15, -0.1) is 11.6 Å². The molecule has 4 aliphatic rings. The molecule has 5 rings (SSSR count). The highest BCUT2D eigenvalue weighted by atomic mass is 35.5. The second kappa shape index (κ2) is 5.30. The third kappa shape index (κ3) is 2.89. The molecule has 114 valence electrons. The zero-order chi connectivity index (χ0) is 14.4. The molecular weight excluding hydrogens is 276 g/mol. The molecule has 0 aromatic heterocycles. The van der Waals surface area contributed by atoms with E-state index in [1.165, 1.54) is 56.1 Å². The average Bonchev–Trinajstić information content (AvgIpc) is 2.39.